The normalized spacial score (nSPS) is 12.0. The Morgan fingerprint density at radius 2 is 1.56 bits per heavy atom. The summed E-state index contributed by atoms with van der Waals surface area (Å²) in [4.78, 5) is 14.4. The topological polar surface area (TPSA) is 41.6 Å². The van der Waals surface area contributed by atoms with Crippen molar-refractivity contribution < 1.29 is 13.9 Å². The number of nitrogens with one attached hydrogen (secondary N) is 1. The molecule has 3 aromatic carbocycles. The van der Waals surface area contributed by atoms with Gasteiger partial charge in [0.2, 0.25) is 0 Å². The lowest BCUT2D eigenvalue weighted by atomic mass is 9.87. The molecule has 0 spiro atoms. The van der Waals surface area contributed by atoms with Crippen LogP contribution in [0.2, 0.25) is 5.02 Å². The van der Waals surface area contributed by atoms with Crippen molar-refractivity contribution in [2.24, 2.45) is 11.8 Å². The molecule has 3 aromatic rings. The largest absolute Gasteiger partial charge is 0.469 e. The Morgan fingerprint density at radius 3 is 2.11 bits per heavy atom. The Labute approximate surface area is 219 Å². The highest BCUT2D eigenvalue weighted by molar-refractivity contribution is 6.30. The third kappa shape index (κ3) is 7.47. The fourth-order valence-electron chi connectivity index (χ4n) is 4.43. The molecule has 0 amide bonds. The van der Waals surface area contributed by atoms with E-state index in [2.05, 4.69) is 37.9 Å². The average Bonchev–Trinajstić information content (AvgIpc) is 2.83. The zero-order valence-corrected chi connectivity index (χ0v) is 22.5. The Morgan fingerprint density at radius 1 is 0.944 bits per heavy atom. The number of nitrogens with zero attached hydrogens (tertiary/aromatic N) is 1. The van der Waals surface area contributed by atoms with Crippen LogP contribution >= 0.6 is 11.6 Å². The molecule has 0 aliphatic carbocycles. The Balaban J connectivity index is 2.17. The molecule has 36 heavy (non-hydrogen) atoms. The van der Waals surface area contributed by atoms with Gasteiger partial charge in [0.1, 0.15) is 5.82 Å². The van der Waals surface area contributed by atoms with Crippen molar-refractivity contribution in [3.63, 3.8) is 0 Å². The van der Waals surface area contributed by atoms with Crippen LogP contribution < -0.4 is 10.2 Å². The molecule has 0 saturated carbocycles. The van der Waals surface area contributed by atoms with Gasteiger partial charge in [0, 0.05) is 29.7 Å². The molecule has 0 radical (unpaired) electrons. The molecule has 0 bridgehead atoms. The minimum Gasteiger partial charge on any atom is -0.469 e. The van der Waals surface area contributed by atoms with E-state index in [4.69, 9.17) is 16.3 Å². The van der Waals surface area contributed by atoms with Crippen molar-refractivity contribution >= 4 is 34.6 Å². The van der Waals surface area contributed by atoms with Gasteiger partial charge in [-0.15, -0.1) is 0 Å². The van der Waals surface area contributed by atoms with Gasteiger partial charge in [0.25, 0.3) is 0 Å². The van der Waals surface area contributed by atoms with Crippen molar-refractivity contribution in [1.29, 1.82) is 0 Å². The van der Waals surface area contributed by atoms with Gasteiger partial charge in [-0.1, -0.05) is 69.6 Å². The van der Waals surface area contributed by atoms with Crippen LogP contribution in [0.25, 0.3) is 0 Å². The summed E-state index contributed by atoms with van der Waals surface area (Å²) in [7, 11) is 1.37. The number of halogens is 2. The van der Waals surface area contributed by atoms with E-state index in [-0.39, 0.29) is 24.1 Å². The minimum absolute atomic E-state index is 0.112. The fourth-order valence-corrected chi connectivity index (χ4v) is 4.55. The van der Waals surface area contributed by atoms with E-state index in [1.54, 1.807) is 18.2 Å². The molecule has 6 heteroatoms. The molecule has 192 valence electrons. The van der Waals surface area contributed by atoms with Gasteiger partial charge in [0.05, 0.1) is 24.9 Å². The fraction of sp³-hybridized carbons (Fsp3) is 0.367. The lowest BCUT2D eigenvalue weighted by molar-refractivity contribution is -0.140. The van der Waals surface area contributed by atoms with Gasteiger partial charge in [-0.2, -0.15) is 0 Å². The van der Waals surface area contributed by atoms with E-state index in [9.17, 15) is 4.79 Å². The number of carbonyl (C=O) groups is 1. The summed E-state index contributed by atoms with van der Waals surface area (Å²) in [5, 5.41) is 4.05. The van der Waals surface area contributed by atoms with Crippen LogP contribution in [0.4, 0.5) is 21.5 Å². The first kappa shape index (κ1) is 27.5. The predicted octanol–water partition coefficient (Wildman–Crippen LogP) is 8.04. The maximum absolute atomic E-state index is 16.1. The zero-order chi connectivity index (χ0) is 26.2. The predicted molar refractivity (Wildman–Crippen MR) is 148 cm³/mol. The quantitative estimate of drug-likeness (QED) is 0.265. The van der Waals surface area contributed by atoms with Crippen LogP contribution in [0.1, 0.15) is 51.2 Å². The molecule has 0 aliphatic heterocycles. The van der Waals surface area contributed by atoms with Crippen molar-refractivity contribution in [1.82, 2.24) is 0 Å². The maximum atomic E-state index is 16.1. The van der Waals surface area contributed by atoms with Crippen LogP contribution in [0.3, 0.4) is 0 Å². The molecule has 1 unspecified atom stereocenters. The molecule has 0 saturated heterocycles. The number of carbonyl (C=O) groups excluding carboxylic acids is 1. The van der Waals surface area contributed by atoms with Gasteiger partial charge in [0.15, 0.2) is 0 Å². The maximum Gasteiger partial charge on any atom is 0.306 e. The number of ether oxygens (including phenoxy) is 1. The van der Waals surface area contributed by atoms with E-state index < -0.39 is 0 Å². The molecule has 4 nitrogen and oxygen atoms in total. The molecule has 0 aromatic heterocycles. The second-order valence-corrected chi connectivity index (χ2v) is 10.4. The number of anilines is 3. The van der Waals surface area contributed by atoms with Crippen LogP contribution in [0.5, 0.6) is 0 Å². The molecular weight excluding hydrogens is 475 g/mol. The number of esters is 1. The summed E-state index contributed by atoms with van der Waals surface area (Å²) in [6.45, 7) is 9.96. The highest BCUT2D eigenvalue weighted by Crippen LogP contribution is 2.39. The highest BCUT2D eigenvalue weighted by Gasteiger charge is 2.25. The Hall–Kier alpha value is -3.05. The third-order valence-electron chi connectivity index (χ3n) is 5.90. The second kappa shape index (κ2) is 12.8. The first-order valence-electron chi connectivity index (χ1n) is 12.4. The molecule has 0 heterocycles. The third-order valence-corrected chi connectivity index (χ3v) is 6.15. The monoisotopic (exact) mass is 510 g/mol. The summed E-state index contributed by atoms with van der Waals surface area (Å²) in [5.74, 6) is -0.320. The van der Waals surface area contributed by atoms with E-state index in [1.165, 1.54) is 7.11 Å². The summed E-state index contributed by atoms with van der Waals surface area (Å²) in [6, 6.07) is 20.5. The molecule has 0 fully saturated rings. The van der Waals surface area contributed by atoms with E-state index in [0.717, 1.165) is 11.3 Å². The molecule has 0 aliphatic rings. The van der Waals surface area contributed by atoms with Gasteiger partial charge in [-0.25, -0.2) is 4.39 Å². The molecular formula is C30H36ClFN2O2. The van der Waals surface area contributed by atoms with E-state index in [1.807, 2.05) is 48.5 Å². The Bertz CT molecular complexity index is 1120. The van der Waals surface area contributed by atoms with Crippen molar-refractivity contribution in [3.05, 3.63) is 88.7 Å². The highest BCUT2D eigenvalue weighted by atomic mass is 35.5. The van der Waals surface area contributed by atoms with Crippen molar-refractivity contribution in [2.75, 3.05) is 30.4 Å². The molecule has 1 atom stereocenters. The summed E-state index contributed by atoms with van der Waals surface area (Å²) in [6.07, 6.45) is 0.112. The molecule has 1 N–H and O–H groups in total. The van der Waals surface area contributed by atoms with Crippen molar-refractivity contribution in [2.45, 2.75) is 40.0 Å². The SMILES string of the molecule is COC(=O)CC(c1ccccc1)c1cc(F)c(N(CC(C)C)CC(C)C)c(Nc2ccc(Cl)cc2)c1. The summed E-state index contributed by atoms with van der Waals surface area (Å²) < 4.78 is 21.1. The van der Waals surface area contributed by atoms with Gasteiger partial charge >= 0.3 is 5.97 Å². The van der Waals surface area contributed by atoms with Gasteiger partial charge in [-0.05, 0) is 59.4 Å². The van der Waals surface area contributed by atoms with Crippen LogP contribution in [-0.4, -0.2) is 26.2 Å². The standard InChI is InChI=1S/C30H36ClFN2O2/c1-20(2)18-34(19-21(3)4)30-27(32)15-23(16-28(30)33-25-13-11-24(31)12-14-25)26(17-29(35)36-5)22-9-7-6-8-10-22/h6-16,20-21,26,33H,17-19H2,1-5H3. The lowest BCUT2D eigenvalue weighted by Gasteiger charge is -2.32. The zero-order valence-electron chi connectivity index (χ0n) is 21.7. The average molecular weight is 511 g/mol. The first-order chi connectivity index (χ1) is 17.2. The summed E-state index contributed by atoms with van der Waals surface area (Å²) >= 11 is 6.09. The second-order valence-electron chi connectivity index (χ2n) is 9.97. The number of hydrogen-bond donors (Lipinski definition) is 1. The van der Waals surface area contributed by atoms with Crippen LogP contribution in [-0.2, 0) is 9.53 Å². The van der Waals surface area contributed by atoms with Crippen LogP contribution in [0, 0.1) is 17.7 Å². The van der Waals surface area contributed by atoms with E-state index in [0.29, 0.717) is 46.9 Å². The lowest BCUT2D eigenvalue weighted by Crippen LogP contribution is -2.32. The summed E-state index contributed by atoms with van der Waals surface area (Å²) in [5.41, 5.74) is 3.61. The van der Waals surface area contributed by atoms with Crippen molar-refractivity contribution in [3.8, 4) is 0 Å². The van der Waals surface area contributed by atoms with Gasteiger partial charge in [-0.3, -0.25) is 4.79 Å². The number of hydrogen-bond acceptors (Lipinski definition) is 4. The number of rotatable bonds is 11. The smallest absolute Gasteiger partial charge is 0.306 e. The number of benzene rings is 3. The van der Waals surface area contributed by atoms with E-state index >= 15 is 4.39 Å². The number of methoxy groups -OCH3 is 1. The van der Waals surface area contributed by atoms with Crippen LogP contribution in [0.15, 0.2) is 66.7 Å². The minimum atomic E-state index is -0.350. The molecule has 3 rings (SSSR count). The van der Waals surface area contributed by atoms with Gasteiger partial charge < -0.3 is 15.0 Å². The Kier molecular flexibility index (Phi) is 9.77. The first-order valence-corrected chi connectivity index (χ1v) is 12.8.